The summed E-state index contributed by atoms with van der Waals surface area (Å²) in [6.45, 7) is 9.07. The number of hydrogen-bond donors (Lipinski definition) is 2. The normalized spacial score (nSPS) is 13.6. The fraction of sp³-hybridized carbons (Fsp3) is 0.900. The van der Waals surface area contributed by atoms with E-state index in [1.54, 1.807) is 7.05 Å². The molecule has 1 amide bonds. The lowest BCUT2D eigenvalue weighted by atomic mass is 10.2. The quantitative estimate of drug-likeness (QED) is 0.611. The average molecular weight is 201 g/mol. The van der Waals surface area contributed by atoms with Gasteiger partial charge in [0, 0.05) is 13.1 Å². The number of hydrogen-bond acceptors (Lipinski definition) is 3. The van der Waals surface area contributed by atoms with Gasteiger partial charge in [0.1, 0.15) is 0 Å². The second kappa shape index (κ2) is 6.79. The summed E-state index contributed by atoms with van der Waals surface area (Å²) in [6.07, 6.45) is 0. The first-order chi connectivity index (χ1) is 6.51. The maximum Gasteiger partial charge on any atom is 0.235 e. The molecule has 0 aliphatic carbocycles. The molecule has 1 atom stereocenters. The molecule has 0 radical (unpaired) electrons. The number of primary amides is 1. The molecule has 0 aliphatic rings. The monoisotopic (exact) mass is 201 g/mol. The van der Waals surface area contributed by atoms with E-state index in [1.807, 2.05) is 0 Å². The van der Waals surface area contributed by atoms with E-state index in [1.165, 1.54) is 0 Å². The molecule has 0 aromatic carbocycles. The highest BCUT2D eigenvalue weighted by atomic mass is 16.1. The van der Waals surface area contributed by atoms with Gasteiger partial charge in [0.2, 0.25) is 5.91 Å². The van der Waals surface area contributed by atoms with Crippen LogP contribution in [0.1, 0.15) is 20.8 Å². The van der Waals surface area contributed by atoms with Gasteiger partial charge in [-0.1, -0.05) is 20.8 Å². The molecule has 0 heterocycles. The number of nitrogens with one attached hydrogen (secondary N) is 1. The zero-order valence-corrected chi connectivity index (χ0v) is 9.71. The van der Waals surface area contributed by atoms with Crippen LogP contribution in [-0.2, 0) is 4.79 Å². The summed E-state index contributed by atoms with van der Waals surface area (Å²) in [5.74, 6) is 0.329. The van der Waals surface area contributed by atoms with Crippen LogP contribution < -0.4 is 11.1 Å². The minimum absolute atomic E-state index is 0.242. The zero-order chi connectivity index (χ0) is 11.1. The van der Waals surface area contributed by atoms with Crippen molar-refractivity contribution in [3.05, 3.63) is 0 Å². The van der Waals surface area contributed by atoms with Crippen LogP contribution in [0.3, 0.4) is 0 Å². The second-order valence-corrected chi connectivity index (χ2v) is 3.99. The molecule has 0 aromatic heterocycles. The molecule has 1 unspecified atom stereocenters. The Morgan fingerprint density at radius 2 is 2.00 bits per heavy atom. The van der Waals surface area contributed by atoms with E-state index < -0.39 is 0 Å². The molecule has 0 fully saturated rings. The Labute approximate surface area is 86.8 Å². The molecule has 0 saturated carbocycles. The van der Waals surface area contributed by atoms with Crippen LogP contribution in [-0.4, -0.2) is 43.5 Å². The average Bonchev–Trinajstić information content (AvgIpc) is 2.10. The molecule has 4 heteroatoms. The molecule has 0 spiro atoms. The number of likely N-dealkylation sites (N-methyl/N-ethyl adjacent to an activating group) is 2. The molecule has 0 bridgehead atoms. The van der Waals surface area contributed by atoms with Gasteiger partial charge in [-0.15, -0.1) is 0 Å². The van der Waals surface area contributed by atoms with Gasteiger partial charge in [0.05, 0.1) is 6.04 Å². The maximum absolute atomic E-state index is 11.0. The van der Waals surface area contributed by atoms with Gasteiger partial charge in [0.25, 0.3) is 0 Å². The van der Waals surface area contributed by atoms with Crippen molar-refractivity contribution < 1.29 is 4.79 Å². The van der Waals surface area contributed by atoms with Gasteiger partial charge in [0.15, 0.2) is 0 Å². The van der Waals surface area contributed by atoms with Gasteiger partial charge in [-0.05, 0) is 19.5 Å². The molecular formula is C10H23N3O. The minimum atomic E-state index is -0.283. The largest absolute Gasteiger partial charge is 0.368 e. The Hall–Kier alpha value is -0.610. The zero-order valence-electron chi connectivity index (χ0n) is 9.71. The highest BCUT2D eigenvalue weighted by molar-refractivity contribution is 5.80. The predicted octanol–water partition coefficient (Wildman–Crippen LogP) is 0.0376. The third-order valence-electron chi connectivity index (χ3n) is 2.20. The van der Waals surface area contributed by atoms with E-state index in [9.17, 15) is 4.79 Å². The summed E-state index contributed by atoms with van der Waals surface area (Å²) in [5.41, 5.74) is 5.25. The lowest BCUT2D eigenvalue weighted by molar-refractivity contribution is -0.120. The molecule has 14 heavy (non-hydrogen) atoms. The molecule has 4 nitrogen and oxygen atoms in total. The Kier molecular flexibility index (Phi) is 6.49. The van der Waals surface area contributed by atoms with E-state index in [0.717, 1.165) is 13.1 Å². The molecule has 0 aromatic rings. The first-order valence-corrected chi connectivity index (χ1v) is 5.20. The first-order valence-electron chi connectivity index (χ1n) is 5.20. The van der Waals surface area contributed by atoms with Crippen molar-refractivity contribution in [3.63, 3.8) is 0 Å². The van der Waals surface area contributed by atoms with Crippen molar-refractivity contribution in [2.75, 3.05) is 26.7 Å². The highest BCUT2D eigenvalue weighted by Gasteiger charge is 2.16. The minimum Gasteiger partial charge on any atom is -0.368 e. The number of carbonyl (C=O) groups excluding carboxylic acids is 1. The van der Waals surface area contributed by atoms with Crippen molar-refractivity contribution in [3.8, 4) is 0 Å². The number of rotatable bonds is 7. The van der Waals surface area contributed by atoms with Crippen LogP contribution in [0.25, 0.3) is 0 Å². The fourth-order valence-corrected chi connectivity index (χ4v) is 1.43. The standard InChI is InChI=1S/C10H23N3O/c1-5-13(6-8(2)3)7-9(12-4)10(11)14/h8-9,12H,5-7H2,1-4H3,(H2,11,14). The number of carbonyl (C=O) groups is 1. The molecular weight excluding hydrogens is 178 g/mol. The van der Waals surface area contributed by atoms with E-state index in [0.29, 0.717) is 12.5 Å². The summed E-state index contributed by atoms with van der Waals surface area (Å²) >= 11 is 0. The summed E-state index contributed by atoms with van der Waals surface area (Å²) in [6, 6.07) is -0.242. The topological polar surface area (TPSA) is 58.4 Å². The first kappa shape index (κ1) is 13.4. The van der Waals surface area contributed by atoms with Crippen molar-refractivity contribution >= 4 is 5.91 Å². The van der Waals surface area contributed by atoms with Gasteiger partial charge < -0.3 is 16.0 Å². The third kappa shape index (κ3) is 5.19. The van der Waals surface area contributed by atoms with Crippen LogP contribution in [0.4, 0.5) is 0 Å². The van der Waals surface area contributed by atoms with Crippen LogP contribution in [0.2, 0.25) is 0 Å². The Morgan fingerprint density at radius 1 is 1.43 bits per heavy atom. The van der Waals surface area contributed by atoms with Crippen LogP contribution in [0.5, 0.6) is 0 Å². The summed E-state index contributed by atoms with van der Waals surface area (Å²) in [7, 11) is 1.76. The SMILES string of the molecule is CCN(CC(C)C)CC(NC)C(N)=O. The fourth-order valence-electron chi connectivity index (χ4n) is 1.43. The van der Waals surface area contributed by atoms with Gasteiger partial charge in [-0.25, -0.2) is 0 Å². The van der Waals surface area contributed by atoms with Crippen molar-refractivity contribution in [1.82, 2.24) is 10.2 Å². The number of amides is 1. The van der Waals surface area contributed by atoms with Gasteiger partial charge in [-0.3, -0.25) is 4.79 Å². The lowest BCUT2D eigenvalue weighted by Gasteiger charge is -2.25. The van der Waals surface area contributed by atoms with Crippen molar-refractivity contribution in [2.45, 2.75) is 26.8 Å². The summed E-state index contributed by atoms with van der Waals surface area (Å²) in [5, 5.41) is 2.92. The molecule has 0 rings (SSSR count). The number of nitrogens with two attached hydrogens (primary N) is 1. The summed E-state index contributed by atoms with van der Waals surface area (Å²) < 4.78 is 0. The molecule has 0 aliphatic heterocycles. The van der Waals surface area contributed by atoms with E-state index in [2.05, 4.69) is 31.0 Å². The van der Waals surface area contributed by atoms with E-state index >= 15 is 0 Å². The Balaban J connectivity index is 4.07. The Morgan fingerprint density at radius 3 is 2.29 bits per heavy atom. The van der Waals surface area contributed by atoms with Crippen LogP contribution >= 0.6 is 0 Å². The third-order valence-corrected chi connectivity index (χ3v) is 2.20. The van der Waals surface area contributed by atoms with E-state index in [4.69, 9.17) is 5.73 Å². The van der Waals surface area contributed by atoms with Gasteiger partial charge >= 0.3 is 0 Å². The molecule has 3 N–H and O–H groups in total. The smallest absolute Gasteiger partial charge is 0.235 e. The molecule has 84 valence electrons. The van der Waals surface area contributed by atoms with Crippen molar-refractivity contribution in [2.24, 2.45) is 11.7 Å². The Bertz CT molecular complexity index is 171. The predicted molar refractivity (Wildman–Crippen MR) is 59.0 cm³/mol. The second-order valence-electron chi connectivity index (χ2n) is 3.99. The summed E-state index contributed by atoms with van der Waals surface area (Å²) in [4.78, 5) is 13.2. The van der Waals surface area contributed by atoms with Crippen molar-refractivity contribution in [1.29, 1.82) is 0 Å². The van der Waals surface area contributed by atoms with E-state index in [-0.39, 0.29) is 11.9 Å². The lowest BCUT2D eigenvalue weighted by Crippen LogP contribution is -2.48. The van der Waals surface area contributed by atoms with Crippen LogP contribution in [0, 0.1) is 5.92 Å². The van der Waals surface area contributed by atoms with Gasteiger partial charge in [-0.2, -0.15) is 0 Å². The number of nitrogens with zero attached hydrogens (tertiary/aromatic N) is 1. The maximum atomic E-state index is 11.0. The van der Waals surface area contributed by atoms with Crippen LogP contribution in [0.15, 0.2) is 0 Å². The highest BCUT2D eigenvalue weighted by Crippen LogP contribution is 1.99. The molecule has 0 saturated heterocycles.